The van der Waals surface area contributed by atoms with Crippen LogP contribution in [0.4, 0.5) is 5.82 Å². The van der Waals surface area contributed by atoms with Gasteiger partial charge in [0.25, 0.3) is 5.91 Å². The van der Waals surface area contributed by atoms with Crippen LogP contribution in [-0.4, -0.2) is 43.7 Å². The van der Waals surface area contributed by atoms with Gasteiger partial charge in [-0.15, -0.1) is 0 Å². The average molecular weight is 403 g/mol. The number of anilines is 1. The molecule has 1 aromatic carbocycles. The maximum atomic E-state index is 12.3. The Kier molecular flexibility index (Phi) is 5.51. The molecule has 152 valence electrons. The summed E-state index contributed by atoms with van der Waals surface area (Å²) in [5.74, 6) is 1.64. The topological polar surface area (TPSA) is 111 Å². The van der Waals surface area contributed by atoms with Crippen molar-refractivity contribution in [3.05, 3.63) is 72.2 Å². The van der Waals surface area contributed by atoms with E-state index in [9.17, 15) is 4.79 Å². The number of hydrogen-bond acceptors (Lipinski definition) is 7. The van der Waals surface area contributed by atoms with Gasteiger partial charge in [0.15, 0.2) is 11.5 Å². The Morgan fingerprint density at radius 3 is 2.67 bits per heavy atom. The lowest BCUT2D eigenvalue weighted by molar-refractivity contribution is 0.0946. The molecule has 0 radical (unpaired) electrons. The lowest BCUT2D eigenvalue weighted by atomic mass is 10.1. The van der Waals surface area contributed by atoms with E-state index in [4.69, 9.17) is 4.52 Å². The number of benzene rings is 1. The van der Waals surface area contributed by atoms with Gasteiger partial charge in [-0.1, -0.05) is 35.5 Å². The quantitative estimate of drug-likeness (QED) is 0.457. The van der Waals surface area contributed by atoms with Crippen molar-refractivity contribution < 1.29 is 9.32 Å². The zero-order valence-electron chi connectivity index (χ0n) is 16.7. The van der Waals surface area contributed by atoms with E-state index in [-0.39, 0.29) is 11.6 Å². The molecule has 0 unspecified atom stereocenters. The van der Waals surface area contributed by atoms with Crippen LogP contribution >= 0.6 is 0 Å². The van der Waals surface area contributed by atoms with Gasteiger partial charge in [-0.2, -0.15) is 0 Å². The number of carbonyl (C=O) groups excluding carboxylic acids is 1. The summed E-state index contributed by atoms with van der Waals surface area (Å²) < 4.78 is 7.16. The first-order chi connectivity index (χ1) is 14.6. The lowest BCUT2D eigenvalue weighted by Gasteiger charge is -2.09. The van der Waals surface area contributed by atoms with Crippen molar-refractivity contribution in [2.75, 3.05) is 18.4 Å². The minimum Gasteiger partial charge on any atom is -0.368 e. The average Bonchev–Trinajstić information content (AvgIpc) is 3.40. The number of nitrogens with one attached hydrogen (secondary N) is 2. The molecule has 30 heavy (non-hydrogen) atoms. The molecule has 0 saturated heterocycles. The minimum absolute atomic E-state index is 0.240. The van der Waals surface area contributed by atoms with E-state index < -0.39 is 0 Å². The number of nitrogens with zero attached hydrogens (tertiary/aromatic N) is 5. The van der Waals surface area contributed by atoms with Gasteiger partial charge < -0.3 is 15.2 Å². The third-order valence-electron chi connectivity index (χ3n) is 4.67. The molecule has 0 spiro atoms. The van der Waals surface area contributed by atoms with Crippen molar-refractivity contribution in [3.8, 4) is 17.1 Å². The Balaban J connectivity index is 1.30. The molecule has 3 aromatic heterocycles. The minimum atomic E-state index is -0.296. The molecular formula is C21H21N7O2. The number of aromatic nitrogens is 5. The van der Waals surface area contributed by atoms with Crippen molar-refractivity contribution >= 4 is 11.7 Å². The third-order valence-corrected chi connectivity index (χ3v) is 4.67. The Hall–Kier alpha value is -4.01. The molecule has 0 bridgehead atoms. The fraction of sp³-hybridized carbons (Fsp3) is 0.190. The number of hydrogen-bond donors (Lipinski definition) is 2. The van der Waals surface area contributed by atoms with Gasteiger partial charge in [-0.25, -0.2) is 15.0 Å². The van der Waals surface area contributed by atoms with E-state index in [1.807, 2.05) is 54.8 Å². The lowest BCUT2D eigenvalue weighted by Crippen LogP contribution is -2.29. The van der Waals surface area contributed by atoms with Crippen LogP contribution in [0.15, 0.2) is 59.6 Å². The standard InChI is InChI=1S/C21H21N7O2/c1-14-15(2)28(13-26-14)20-11-19(24-12-25-20)22-8-9-23-21(29)17-10-18(30-27-17)16-6-4-3-5-7-16/h3-7,10-13H,8-9H2,1-2H3,(H,23,29)(H,22,24,25). The fourth-order valence-electron chi connectivity index (χ4n) is 2.88. The zero-order valence-corrected chi connectivity index (χ0v) is 16.7. The Labute approximate surface area is 173 Å². The summed E-state index contributed by atoms with van der Waals surface area (Å²) in [4.78, 5) is 25.1. The van der Waals surface area contributed by atoms with Crippen LogP contribution in [-0.2, 0) is 0 Å². The van der Waals surface area contributed by atoms with Crippen LogP contribution in [0.2, 0.25) is 0 Å². The molecule has 0 saturated carbocycles. The molecule has 0 aliphatic heterocycles. The molecule has 9 nitrogen and oxygen atoms in total. The first-order valence-electron chi connectivity index (χ1n) is 9.49. The van der Waals surface area contributed by atoms with Crippen LogP contribution in [0.25, 0.3) is 17.1 Å². The van der Waals surface area contributed by atoms with Gasteiger partial charge in [0, 0.05) is 36.5 Å². The van der Waals surface area contributed by atoms with E-state index in [1.165, 1.54) is 6.33 Å². The molecule has 4 rings (SSSR count). The first-order valence-corrected chi connectivity index (χ1v) is 9.49. The van der Waals surface area contributed by atoms with Gasteiger partial charge in [0.05, 0.1) is 5.69 Å². The molecule has 0 fully saturated rings. The summed E-state index contributed by atoms with van der Waals surface area (Å²) in [6.45, 7) is 4.83. The highest BCUT2D eigenvalue weighted by atomic mass is 16.5. The van der Waals surface area contributed by atoms with Crippen LogP contribution in [0.5, 0.6) is 0 Å². The highest BCUT2D eigenvalue weighted by Gasteiger charge is 2.13. The summed E-state index contributed by atoms with van der Waals surface area (Å²) in [6, 6.07) is 13.0. The molecular weight excluding hydrogens is 382 g/mol. The van der Waals surface area contributed by atoms with E-state index in [0.29, 0.717) is 24.7 Å². The fourth-order valence-corrected chi connectivity index (χ4v) is 2.88. The highest BCUT2D eigenvalue weighted by Crippen LogP contribution is 2.19. The molecule has 0 aliphatic carbocycles. The maximum absolute atomic E-state index is 12.3. The zero-order chi connectivity index (χ0) is 20.9. The second kappa shape index (κ2) is 8.56. The largest absolute Gasteiger partial charge is 0.368 e. The van der Waals surface area contributed by atoms with E-state index >= 15 is 0 Å². The maximum Gasteiger partial charge on any atom is 0.273 e. The van der Waals surface area contributed by atoms with Gasteiger partial charge in [-0.3, -0.25) is 9.36 Å². The smallest absolute Gasteiger partial charge is 0.273 e. The Morgan fingerprint density at radius 2 is 1.90 bits per heavy atom. The summed E-state index contributed by atoms with van der Waals surface area (Å²) >= 11 is 0. The molecule has 0 atom stereocenters. The van der Waals surface area contributed by atoms with Gasteiger partial charge in [0.2, 0.25) is 0 Å². The van der Waals surface area contributed by atoms with Gasteiger partial charge in [-0.05, 0) is 13.8 Å². The summed E-state index contributed by atoms with van der Waals surface area (Å²) in [5.41, 5.74) is 3.08. The molecule has 1 amide bonds. The highest BCUT2D eigenvalue weighted by molar-refractivity contribution is 5.93. The Morgan fingerprint density at radius 1 is 1.07 bits per heavy atom. The van der Waals surface area contributed by atoms with E-state index in [0.717, 1.165) is 22.8 Å². The van der Waals surface area contributed by atoms with Crippen LogP contribution in [0, 0.1) is 13.8 Å². The van der Waals surface area contributed by atoms with Gasteiger partial charge in [0.1, 0.15) is 24.3 Å². The molecule has 2 N–H and O–H groups in total. The summed E-state index contributed by atoms with van der Waals surface area (Å²) in [6.07, 6.45) is 3.23. The van der Waals surface area contributed by atoms with Crippen molar-refractivity contribution in [3.63, 3.8) is 0 Å². The second-order valence-corrected chi connectivity index (χ2v) is 6.67. The monoisotopic (exact) mass is 403 g/mol. The van der Waals surface area contributed by atoms with E-state index in [1.54, 1.807) is 12.4 Å². The van der Waals surface area contributed by atoms with Crippen LogP contribution in [0.3, 0.4) is 0 Å². The van der Waals surface area contributed by atoms with Crippen LogP contribution in [0.1, 0.15) is 21.9 Å². The number of imidazole rings is 1. The normalized spacial score (nSPS) is 10.7. The molecule has 4 aromatic rings. The molecule has 0 aliphatic rings. The van der Waals surface area contributed by atoms with E-state index in [2.05, 4.69) is 30.7 Å². The predicted octanol–water partition coefficient (Wildman–Crippen LogP) is 2.78. The van der Waals surface area contributed by atoms with Crippen molar-refractivity contribution in [1.29, 1.82) is 0 Å². The summed E-state index contributed by atoms with van der Waals surface area (Å²) in [5, 5.41) is 9.83. The third kappa shape index (κ3) is 4.19. The van der Waals surface area contributed by atoms with Crippen molar-refractivity contribution in [2.24, 2.45) is 0 Å². The number of amides is 1. The van der Waals surface area contributed by atoms with Gasteiger partial charge >= 0.3 is 0 Å². The summed E-state index contributed by atoms with van der Waals surface area (Å²) in [7, 11) is 0. The van der Waals surface area contributed by atoms with Crippen LogP contribution < -0.4 is 10.6 Å². The predicted molar refractivity (Wildman–Crippen MR) is 111 cm³/mol. The van der Waals surface area contributed by atoms with Crippen molar-refractivity contribution in [2.45, 2.75) is 13.8 Å². The number of rotatable bonds is 7. The molecule has 3 heterocycles. The SMILES string of the molecule is Cc1ncn(-c2cc(NCCNC(=O)c3cc(-c4ccccc4)on3)ncn2)c1C. The Bertz CT molecular complexity index is 1150. The number of carbonyl (C=O) groups is 1. The first kappa shape index (κ1) is 19.3. The number of aryl methyl sites for hydroxylation is 1. The van der Waals surface area contributed by atoms with Crippen molar-refractivity contribution in [1.82, 2.24) is 30.0 Å². The molecule has 9 heteroatoms. The second-order valence-electron chi connectivity index (χ2n) is 6.67.